The van der Waals surface area contributed by atoms with Gasteiger partial charge in [-0.05, 0) is 90.7 Å². The van der Waals surface area contributed by atoms with Crippen LogP contribution in [0.3, 0.4) is 0 Å². The van der Waals surface area contributed by atoms with Crippen molar-refractivity contribution in [1.82, 2.24) is 0 Å². The third-order valence-corrected chi connectivity index (χ3v) is 9.44. The molecule has 0 spiro atoms. The second kappa shape index (κ2) is 9.16. The molecule has 7 heteroatoms. The van der Waals surface area contributed by atoms with Crippen molar-refractivity contribution >= 4 is 17.3 Å². The maximum absolute atomic E-state index is 13.6. The molecule has 5 atom stereocenters. The van der Waals surface area contributed by atoms with E-state index in [2.05, 4.69) is 5.92 Å². The van der Waals surface area contributed by atoms with Crippen LogP contribution >= 0.6 is 0 Å². The Hall–Kier alpha value is -2.85. The number of hydrogen-bond acceptors (Lipinski definition) is 4. The van der Waals surface area contributed by atoms with Gasteiger partial charge < -0.3 is 10.5 Å². The van der Waals surface area contributed by atoms with E-state index in [0.717, 1.165) is 24.0 Å². The minimum absolute atomic E-state index is 0.0162. The fraction of sp³-hybridized carbons (Fsp3) is 0.533. The number of nitrogen functional groups attached to an aromatic ring is 1. The van der Waals surface area contributed by atoms with E-state index in [1.807, 2.05) is 31.2 Å². The van der Waals surface area contributed by atoms with E-state index in [1.54, 1.807) is 6.08 Å². The number of allylic oxidation sites excluding steroid dienone is 4. The van der Waals surface area contributed by atoms with Gasteiger partial charge in [0, 0.05) is 31.1 Å². The van der Waals surface area contributed by atoms with Gasteiger partial charge in [-0.25, -0.2) is 0 Å². The van der Waals surface area contributed by atoms with Gasteiger partial charge in [-0.3, -0.25) is 9.59 Å². The lowest BCUT2D eigenvalue weighted by molar-refractivity contribution is -0.136. The highest BCUT2D eigenvalue weighted by atomic mass is 19.4. The predicted octanol–water partition coefficient (Wildman–Crippen LogP) is 5.94. The Morgan fingerprint density at radius 3 is 2.57 bits per heavy atom. The predicted molar refractivity (Wildman–Crippen MR) is 134 cm³/mol. The molecule has 0 aliphatic heterocycles. The molecule has 1 aromatic rings. The highest BCUT2D eigenvalue weighted by molar-refractivity contribution is 5.93. The van der Waals surface area contributed by atoms with Crippen molar-refractivity contribution in [3.8, 4) is 11.8 Å². The molecule has 4 aliphatic rings. The molecule has 0 aromatic heterocycles. The summed E-state index contributed by atoms with van der Waals surface area (Å²) in [5, 5.41) is 0. The van der Waals surface area contributed by atoms with Crippen LogP contribution in [0.15, 0.2) is 47.1 Å². The smallest absolute Gasteiger partial charge is 0.399 e. The summed E-state index contributed by atoms with van der Waals surface area (Å²) in [5.74, 6) is 3.80. The first kappa shape index (κ1) is 25.8. The van der Waals surface area contributed by atoms with Crippen LogP contribution in [-0.2, 0) is 14.3 Å². The molecule has 2 fully saturated rings. The Labute approximate surface area is 215 Å². The first-order valence-corrected chi connectivity index (χ1v) is 12.9. The Bertz CT molecular complexity index is 1250. The summed E-state index contributed by atoms with van der Waals surface area (Å²) in [6.45, 7) is 1.71. The van der Waals surface area contributed by atoms with Gasteiger partial charge in [0.05, 0.1) is 5.41 Å². The molecule has 0 saturated heterocycles. The molecule has 0 unspecified atom stereocenters. The minimum Gasteiger partial charge on any atom is -0.399 e. The maximum Gasteiger partial charge on any atom is 0.457 e. The Morgan fingerprint density at radius 1 is 1.16 bits per heavy atom. The number of ether oxygens (including phenoxy) is 1. The number of rotatable bonds is 4. The number of carbonyl (C=O) groups is 2. The standard InChI is InChI=1S/C30H32F3NO3/c1-28-16-24(18-3-6-20(34)7-4-18)27-22-10-8-21(35)15-19(22)5-9-23(27)25(28)11-12-29(28,26(36)17-37-2)13-14-30(31,32)33/h3-4,6-7,15,23-25H,5,8-12,16-17,34H2,1-2H3/t23-,24+,25-,28-,29+/m0/s1. The lowest BCUT2D eigenvalue weighted by atomic mass is 9.48. The molecule has 0 heterocycles. The fourth-order valence-corrected chi connectivity index (χ4v) is 7.88. The van der Waals surface area contributed by atoms with Crippen LogP contribution < -0.4 is 5.73 Å². The summed E-state index contributed by atoms with van der Waals surface area (Å²) in [4.78, 5) is 25.8. The third-order valence-electron chi connectivity index (χ3n) is 9.44. The quantitative estimate of drug-likeness (QED) is 0.402. The monoisotopic (exact) mass is 511 g/mol. The van der Waals surface area contributed by atoms with Gasteiger partial charge >= 0.3 is 6.18 Å². The summed E-state index contributed by atoms with van der Waals surface area (Å²) < 4.78 is 45.3. The van der Waals surface area contributed by atoms with Crippen LogP contribution in [0.2, 0.25) is 0 Å². The molecule has 5 rings (SSSR count). The summed E-state index contributed by atoms with van der Waals surface area (Å²) in [6, 6.07) is 7.65. The van der Waals surface area contributed by atoms with Crippen molar-refractivity contribution in [3.63, 3.8) is 0 Å². The number of anilines is 1. The molecule has 0 bridgehead atoms. The van der Waals surface area contributed by atoms with Gasteiger partial charge in [-0.2, -0.15) is 13.2 Å². The molecule has 4 aliphatic carbocycles. The molecule has 2 N–H and O–H groups in total. The maximum atomic E-state index is 13.6. The Balaban J connectivity index is 1.71. The number of methoxy groups -OCH3 is 1. The average molecular weight is 512 g/mol. The van der Waals surface area contributed by atoms with E-state index in [0.29, 0.717) is 31.4 Å². The van der Waals surface area contributed by atoms with E-state index in [1.165, 1.54) is 24.2 Å². The molecule has 4 nitrogen and oxygen atoms in total. The zero-order chi connectivity index (χ0) is 26.6. The van der Waals surface area contributed by atoms with Gasteiger partial charge in [0.2, 0.25) is 0 Å². The second-order valence-electron chi connectivity index (χ2n) is 11.2. The largest absolute Gasteiger partial charge is 0.457 e. The Morgan fingerprint density at radius 2 is 1.89 bits per heavy atom. The number of fused-ring (bicyclic) bond motifs is 4. The van der Waals surface area contributed by atoms with Gasteiger partial charge in [0.15, 0.2) is 11.6 Å². The number of carbonyl (C=O) groups excluding carboxylic acids is 2. The van der Waals surface area contributed by atoms with E-state index < -0.39 is 17.0 Å². The van der Waals surface area contributed by atoms with E-state index in [4.69, 9.17) is 10.5 Å². The van der Waals surface area contributed by atoms with Crippen molar-refractivity contribution in [2.45, 2.75) is 64.0 Å². The van der Waals surface area contributed by atoms with Crippen LogP contribution in [0.4, 0.5) is 18.9 Å². The molecule has 1 aromatic carbocycles. The van der Waals surface area contributed by atoms with E-state index in [9.17, 15) is 22.8 Å². The summed E-state index contributed by atoms with van der Waals surface area (Å²) in [5.41, 5.74) is 9.07. The second-order valence-corrected chi connectivity index (χ2v) is 11.2. The summed E-state index contributed by atoms with van der Waals surface area (Å²) in [6.07, 6.45) is 1.25. The molecule has 196 valence electrons. The number of benzene rings is 1. The molecule has 0 amide bonds. The first-order chi connectivity index (χ1) is 17.5. The lowest BCUT2D eigenvalue weighted by Gasteiger charge is -2.54. The SMILES string of the molecule is COCC(=O)[C@]1(C#CC(F)(F)F)CC[C@H]2[C@@H]3CCC4=CC(=O)CCC4=C3[C@@H](c3ccc(N)cc3)C[C@@]21C. The molecule has 2 saturated carbocycles. The fourth-order valence-electron chi connectivity index (χ4n) is 7.88. The number of hydrogen-bond donors (Lipinski definition) is 1. The number of nitrogens with two attached hydrogens (primary N) is 1. The number of Topliss-reactive ketones (excluding diaryl/α,β-unsaturated/α-hetero) is 1. The van der Waals surface area contributed by atoms with Gasteiger partial charge in [0.1, 0.15) is 6.61 Å². The summed E-state index contributed by atoms with van der Waals surface area (Å²) >= 11 is 0. The van der Waals surface area contributed by atoms with Crippen LogP contribution in [0, 0.1) is 34.5 Å². The molecule has 37 heavy (non-hydrogen) atoms. The Kier molecular flexibility index (Phi) is 6.39. The zero-order valence-electron chi connectivity index (χ0n) is 21.2. The molecular formula is C30H32F3NO3. The average Bonchev–Trinajstić information content (AvgIpc) is 3.15. The minimum atomic E-state index is -4.69. The summed E-state index contributed by atoms with van der Waals surface area (Å²) in [7, 11) is 1.39. The highest BCUT2D eigenvalue weighted by Gasteiger charge is 2.65. The third kappa shape index (κ3) is 4.24. The van der Waals surface area contributed by atoms with Crippen molar-refractivity contribution in [2.75, 3.05) is 19.5 Å². The lowest BCUT2D eigenvalue weighted by Crippen LogP contribution is -2.51. The van der Waals surface area contributed by atoms with Crippen molar-refractivity contribution < 1.29 is 27.5 Å². The van der Waals surface area contributed by atoms with E-state index >= 15 is 0 Å². The van der Waals surface area contributed by atoms with Gasteiger partial charge in [-0.1, -0.05) is 30.6 Å². The van der Waals surface area contributed by atoms with Crippen LogP contribution in [0.5, 0.6) is 0 Å². The van der Waals surface area contributed by atoms with Crippen molar-refractivity contribution in [3.05, 3.63) is 52.6 Å². The van der Waals surface area contributed by atoms with Crippen molar-refractivity contribution in [2.24, 2.45) is 22.7 Å². The first-order valence-electron chi connectivity index (χ1n) is 12.9. The number of alkyl halides is 3. The van der Waals surface area contributed by atoms with Crippen LogP contribution in [0.1, 0.15) is 63.4 Å². The van der Waals surface area contributed by atoms with Gasteiger partial charge in [0.25, 0.3) is 0 Å². The zero-order valence-corrected chi connectivity index (χ0v) is 21.2. The number of halogens is 3. The molecular weight excluding hydrogens is 479 g/mol. The topological polar surface area (TPSA) is 69.4 Å². The highest BCUT2D eigenvalue weighted by Crippen LogP contribution is 2.69. The van der Waals surface area contributed by atoms with E-state index in [-0.39, 0.29) is 42.3 Å². The normalized spacial score (nSPS) is 33.1. The van der Waals surface area contributed by atoms with Crippen LogP contribution in [0.25, 0.3) is 0 Å². The van der Waals surface area contributed by atoms with Crippen molar-refractivity contribution in [1.29, 1.82) is 0 Å². The van der Waals surface area contributed by atoms with Crippen LogP contribution in [-0.4, -0.2) is 31.5 Å². The molecule has 0 radical (unpaired) electrons. The number of ketones is 2. The van der Waals surface area contributed by atoms with Gasteiger partial charge in [-0.15, -0.1) is 0 Å².